The van der Waals surface area contributed by atoms with Crippen LogP contribution in [0.3, 0.4) is 0 Å². The van der Waals surface area contributed by atoms with Gasteiger partial charge in [-0.15, -0.1) is 0 Å². The smallest absolute Gasteiger partial charge is 0.258 e. The molecule has 5 nitrogen and oxygen atoms in total. The Bertz CT molecular complexity index is 429. The second-order valence-corrected chi connectivity index (χ2v) is 3.35. The molecule has 0 aromatic rings. The summed E-state index contributed by atoms with van der Waals surface area (Å²) < 4.78 is 0. The Morgan fingerprint density at radius 3 is 2.71 bits per heavy atom. The summed E-state index contributed by atoms with van der Waals surface area (Å²) in [6.07, 6.45) is 3.19. The van der Waals surface area contributed by atoms with Crippen LogP contribution in [0.5, 0.6) is 0 Å². The molecule has 0 N–H and O–H groups in total. The molecule has 0 saturated carbocycles. The minimum Gasteiger partial charge on any atom is -0.258 e. The highest BCUT2D eigenvalue weighted by molar-refractivity contribution is 6.09. The maximum atomic E-state index is 10.6. The van der Waals surface area contributed by atoms with E-state index in [9.17, 15) is 10.1 Å². The number of fused-ring (bicyclic) bond motifs is 1. The van der Waals surface area contributed by atoms with Crippen molar-refractivity contribution in [1.82, 2.24) is 0 Å². The van der Waals surface area contributed by atoms with Crippen molar-refractivity contribution >= 4 is 11.4 Å². The van der Waals surface area contributed by atoms with E-state index in [-0.39, 0.29) is 16.5 Å². The summed E-state index contributed by atoms with van der Waals surface area (Å²) >= 11 is 0. The normalized spacial score (nSPS) is 24.6. The van der Waals surface area contributed by atoms with Gasteiger partial charge in [0.2, 0.25) is 0 Å². The minimum absolute atomic E-state index is 0.0482. The van der Waals surface area contributed by atoms with E-state index in [0.717, 1.165) is 17.0 Å². The molecule has 0 radical (unpaired) electrons. The van der Waals surface area contributed by atoms with Gasteiger partial charge in [-0.25, -0.2) is 0 Å². The first-order chi connectivity index (χ1) is 6.59. The Morgan fingerprint density at radius 1 is 1.43 bits per heavy atom. The number of hydrogen-bond donors (Lipinski definition) is 0. The molecule has 2 aliphatic rings. The second-order valence-electron chi connectivity index (χ2n) is 3.35. The lowest BCUT2D eigenvalue weighted by molar-refractivity contribution is -0.418. The average molecular weight is 191 g/mol. The highest BCUT2D eigenvalue weighted by Gasteiger charge is 2.30. The lowest BCUT2D eigenvalue weighted by Crippen LogP contribution is -2.17. The fourth-order valence-electron chi connectivity index (χ4n) is 1.62. The summed E-state index contributed by atoms with van der Waals surface area (Å²) in [5.74, 6) is -0.0482. The van der Waals surface area contributed by atoms with Crippen LogP contribution in [0.2, 0.25) is 0 Å². The van der Waals surface area contributed by atoms with Crippen LogP contribution in [-0.2, 0) is 0 Å². The van der Waals surface area contributed by atoms with Crippen molar-refractivity contribution < 1.29 is 4.92 Å². The maximum absolute atomic E-state index is 10.6. The molecule has 1 aliphatic carbocycles. The zero-order valence-electron chi connectivity index (χ0n) is 7.89. The van der Waals surface area contributed by atoms with Crippen LogP contribution >= 0.6 is 0 Å². The lowest BCUT2D eigenvalue weighted by atomic mass is 9.94. The van der Waals surface area contributed by atoms with Crippen LogP contribution in [0, 0.1) is 16.0 Å². The van der Waals surface area contributed by atoms with E-state index in [1.54, 1.807) is 12.2 Å². The molecule has 0 aromatic heterocycles. The lowest BCUT2D eigenvalue weighted by Gasteiger charge is -2.14. The van der Waals surface area contributed by atoms with Gasteiger partial charge in [-0.1, -0.05) is 0 Å². The summed E-state index contributed by atoms with van der Waals surface area (Å²) in [5.41, 5.74) is 2.59. The Labute approximate surface area is 80.7 Å². The molecule has 5 heteroatoms. The summed E-state index contributed by atoms with van der Waals surface area (Å²) in [7, 11) is 0. The number of nitrogens with zero attached hydrogens (tertiary/aromatic N) is 3. The SMILES string of the molecule is CC1=NN=C(C)C2C=C([N+](=O)[O-])C=C12. The van der Waals surface area contributed by atoms with Crippen molar-refractivity contribution in [3.05, 3.63) is 33.5 Å². The first-order valence-corrected chi connectivity index (χ1v) is 4.26. The van der Waals surface area contributed by atoms with Crippen molar-refractivity contribution in [1.29, 1.82) is 0 Å². The van der Waals surface area contributed by atoms with Gasteiger partial charge in [0.25, 0.3) is 5.70 Å². The van der Waals surface area contributed by atoms with E-state index >= 15 is 0 Å². The van der Waals surface area contributed by atoms with Gasteiger partial charge in [-0.2, -0.15) is 10.2 Å². The first-order valence-electron chi connectivity index (χ1n) is 4.26. The fraction of sp³-hybridized carbons (Fsp3) is 0.333. The molecule has 1 heterocycles. The summed E-state index contributed by atoms with van der Waals surface area (Å²) in [6.45, 7) is 3.64. The Balaban J connectivity index is 2.45. The highest BCUT2D eigenvalue weighted by atomic mass is 16.6. The molecule has 14 heavy (non-hydrogen) atoms. The van der Waals surface area contributed by atoms with E-state index in [4.69, 9.17) is 0 Å². The third-order valence-electron chi connectivity index (χ3n) is 2.41. The van der Waals surface area contributed by atoms with Crippen LogP contribution in [0.1, 0.15) is 13.8 Å². The van der Waals surface area contributed by atoms with Gasteiger partial charge >= 0.3 is 0 Å². The van der Waals surface area contributed by atoms with Gasteiger partial charge < -0.3 is 0 Å². The van der Waals surface area contributed by atoms with Crippen LogP contribution in [0.4, 0.5) is 0 Å². The third kappa shape index (κ3) is 1.17. The minimum atomic E-state index is -0.383. The van der Waals surface area contributed by atoms with Crippen molar-refractivity contribution in [2.24, 2.45) is 16.1 Å². The predicted molar refractivity (Wildman–Crippen MR) is 52.9 cm³/mol. The number of allylic oxidation sites excluding steroid dienone is 3. The zero-order valence-corrected chi connectivity index (χ0v) is 7.89. The van der Waals surface area contributed by atoms with Crippen LogP contribution < -0.4 is 0 Å². The van der Waals surface area contributed by atoms with Crippen molar-refractivity contribution in [3.63, 3.8) is 0 Å². The molecule has 1 aliphatic heterocycles. The van der Waals surface area contributed by atoms with Crippen molar-refractivity contribution in [2.45, 2.75) is 13.8 Å². The van der Waals surface area contributed by atoms with Crippen molar-refractivity contribution in [2.75, 3.05) is 0 Å². The summed E-state index contributed by atoms with van der Waals surface area (Å²) in [6, 6.07) is 0. The van der Waals surface area contributed by atoms with E-state index in [1.165, 1.54) is 0 Å². The monoisotopic (exact) mass is 191 g/mol. The molecule has 2 rings (SSSR count). The van der Waals surface area contributed by atoms with E-state index in [0.29, 0.717) is 0 Å². The van der Waals surface area contributed by atoms with Gasteiger partial charge in [0.1, 0.15) is 0 Å². The molecule has 1 unspecified atom stereocenters. The Hall–Kier alpha value is -1.78. The molecular formula is C9H9N3O2. The molecule has 0 aromatic carbocycles. The number of nitro groups is 1. The van der Waals surface area contributed by atoms with E-state index in [2.05, 4.69) is 10.2 Å². The quantitative estimate of drug-likeness (QED) is 0.466. The van der Waals surface area contributed by atoms with Gasteiger partial charge in [0.05, 0.1) is 16.6 Å². The largest absolute Gasteiger partial charge is 0.266 e. The maximum Gasteiger partial charge on any atom is 0.266 e. The summed E-state index contributed by atoms with van der Waals surface area (Å²) in [4.78, 5) is 10.2. The van der Waals surface area contributed by atoms with Gasteiger partial charge in [0.15, 0.2) is 0 Å². The van der Waals surface area contributed by atoms with Gasteiger partial charge in [0, 0.05) is 17.9 Å². The second kappa shape index (κ2) is 2.87. The molecule has 0 bridgehead atoms. The molecule has 0 saturated heterocycles. The number of hydrogen-bond acceptors (Lipinski definition) is 4. The molecule has 1 atom stereocenters. The van der Waals surface area contributed by atoms with E-state index in [1.807, 2.05) is 13.8 Å². The molecule has 0 spiro atoms. The molecular weight excluding hydrogens is 182 g/mol. The fourth-order valence-corrected chi connectivity index (χ4v) is 1.62. The van der Waals surface area contributed by atoms with Crippen molar-refractivity contribution in [3.8, 4) is 0 Å². The van der Waals surface area contributed by atoms with Crippen LogP contribution in [0.25, 0.3) is 0 Å². The zero-order chi connectivity index (χ0) is 10.3. The van der Waals surface area contributed by atoms with Gasteiger partial charge in [-0.05, 0) is 19.4 Å². The third-order valence-corrected chi connectivity index (χ3v) is 2.41. The predicted octanol–water partition coefficient (Wildman–Crippen LogP) is 1.55. The van der Waals surface area contributed by atoms with Crippen LogP contribution in [0.15, 0.2) is 33.6 Å². The average Bonchev–Trinajstić information content (AvgIpc) is 2.57. The molecule has 0 fully saturated rings. The topological polar surface area (TPSA) is 67.9 Å². The Morgan fingerprint density at radius 2 is 2.14 bits per heavy atom. The first kappa shape index (κ1) is 8.80. The van der Waals surface area contributed by atoms with Crippen LogP contribution in [-0.4, -0.2) is 16.3 Å². The number of rotatable bonds is 1. The molecule has 72 valence electrons. The van der Waals surface area contributed by atoms with Gasteiger partial charge in [-0.3, -0.25) is 10.1 Å². The van der Waals surface area contributed by atoms with E-state index < -0.39 is 0 Å². The standard InChI is InChI=1S/C9H9N3O2/c1-5-8-3-7(12(13)14)4-9(8)6(2)11-10-5/h3-4,8H,1-2H3. The summed E-state index contributed by atoms with van der Waals surface area (Å²) in [5, 5.41) is 18.4. The Kier molecular flexibility index (Phi) is 1.80. The molecule has 0 amide bonds. The highest BCUT2D eigenvalue weighted by Crippen LogP contribution is 2.29.